The second-order valence-corrected chi connectivity index (χ2v) is 4.27. The minimum Gasteiger partial charge on any atom is -0.394 e. The summed E-state index contributed by atoms with van der Waals surface area (Å²) in [6.45, 7) is 1.50. The van der Waals surface area contributed by atoms with Crippen molar-refractivity contribution < 1.29 is 14.6 Å². The van der Waals surface area contributed by atoms with E-state index < -0.39 is 0 Å². The molecule has 0 unspecified atom stereocenters. The molecule has 0 radical (unpaired) electrons. The number of rotatable bonds is 5. The van der Waals surface area contributed by atoms with Gasteiger partial charge in [0.25, 0.3) is 0 Å². The molecule has 0 bridgehead atoms. The number of nitrogens with zero attached hydrogens (tertiary/aromatic N) is 2. The molecule has 1 aromatic rings. The van der Waals surface area contributed by atoms with Crippen molar-refractivity contribution in [3.05, 3.63) is 23.9 Å². The third-order valence-corrected chi connectivity index (χ3v) is 2.91. The minimum absolute atomic E-state index is 0.00620. The first-order valence-corrected chi connectivity index (χ1v) is 6.27. The van der Waals surface area contributed by atoms with E-state index in [1.54, 1.807) is 18.2 Å². The summed E-state index contributed by atoms with van der Waals surface area (Å²) in [6, 6.07) is 7.22. The van der Waals surface area contributed by atoms with Crippen LogP contribution in [-0.2, 0) is 9.47 Å². The third kappa shape index (κ3) is 3.89. The lowest BCUT2D eigenvalue weighted by Gasteiger charge is -2.32. The molecule has 6 nitrogen and oxygen atoms in total. The van der Waals surface area contributed by atoms with Crippen molar-refractivity contribution >= 4 is 5.82 Å². The van der Waals surface area contributed by atoms with E-state index in [4.69, 9.17) is 19.8 Å². The van der Waals surface area contributed by atoms with Crippen LogP contribution in [0.25, 0.3) is 0 Å². The van der Waals surface area contributed by atoms with Crippen LogP contribution in [0.4, 0.5) is 5.82 Å². The molecule has 0 aliphatic carbocycles. The molecule has 1 aromatic heterocycles. The molecule has 2 N–H and O–H groups in total. The Labute approximate surface area is 112 Å². The molecule has 0 spiro atoms. The summed E-state index contributed by atoms with van der Waals surface area (Å²) in [6.07, 6.45) is 0.753. The molecule has 2 atom stereocenters. The zero-order chi connectivity index (χ0) is 13.5. The van der Waals surface area contributed by atoms with Gasteiger partial charge in [-0.15, -0.1) is 0 Å². The van der Waals surface area contributed by atoms with Gasteiger partial charge in [-0.05, 0) is 18.6 Å². The standard InChI is InChI=1S/C13H17N3O3/c14-8-10-2-1-3-13(15-10)16-11-9-18-6-4-12(11)19-7-5-17/h1-3,11-12,17H,4-7,9H2,(H,15,16)/t11-,12+/m1/s1. The second-order valence-electron chi connectivity index (χ2n) is 4.27. The first-order valence-electron chi connectivity index (χ1n) is 6.27. The van der Waals surface area contributed by atoms with E-state index in [-0.39, 0.29) is 18.8 Å². The van der Waals surface area contributed by atoms with Crippen LogP contribution in [0.15, 0.2) is 18.2 Å². The molecule has 102 valence electrons. The van der Waals surface area contributed by atoms with Crippen LogP contribution in [0, 0.1) is 11.3 Å². The Kier molecular flexibility index (Phi) is 5.10. The van der Waals surface area contributed by atoms with Gasteiger partial charge in [0, 0.05) is 6.61 Å². The fourth-order valence-electron chi connectivity index (χ4n) is 2.02. The monoisotopic (exact) mass is 263 g/mol. The van der Waals surface area contributed by atoms with Gasteiger partial charge in [-0.1, -0.05) is 6.07 Å². The highest BCUT2D eigenvalue weighted by atomic mass is 16.5. The van der Waals surface area contributed by atoms with Crippen molar-refractivity contribution in [2.24, 2.45) is 0 Å². The fourth-order valence-corrected chi connectivity index (χ4v) is 2.02. The summed E-state index contributed by atoms with van der Waals surface area (Å²) in [5.41, 5.74) is 0.370. The normalized spacial score (nSPS) is 22.7. The number of hydrogen-bond donors (Lipinski definition) is 2. The number of aromatic nitrogens is 1. The average molecular weight is 263 g/mol. The van der Waals surface area contributed by atoms with Gasteiger partial charge < -0.3 is 19.9 Å². The fraction of sp³-hybridized carbons (Fsp3) is 0.538. The van der Waals surface area contributed by atoms with E-state index in [2.05, 4.69) is 10.3 Å². The second kappa shape index (κ2) is 7.04. The Balaban J connectivity index is 2.00. The van der Waals surface area contributed by atoms with Crippen molar-refractivity contribution in [3.8, 4) is 6.07 Å². The van der Waals surface area contributed by atoms with Gasteiger partial charge in [-0.3, -0.25) is 0 Å². The van der Waals surface area contributed by atoms with Crippen LogP contribution in [0.2, 0.25) is 0 Å². The lowest BCUT2D eigenvalue weighted by molar-refractivity contribution is -0.0492. The predicted octanol–water partition coefficient (Wildman–Crippen LogP) is 0.532. The highest BCUT2D eigenvalue weighted by Gasteiger charge is 2.26. The number of ether oxygens (including phenoxy) is 2. The van der Waals surface area contributed by atoms with Crippen LogP contribution >= 0.6 is 0 Å². The van der Waals surface area contributed by atoms with E-state index in [0.29, 0.717) is 31.3 Å². The number of aliphatic hydroxyl groups excluding tert-OH is 1. The molecule has 0 saturated carbocycles. The number of nitrogens with one attached hydrogen (secondary N) is 1. The average Bonchev–Trinajstić information content (AvgIpc) is 2.46. The Hall–Kier alpha value is -1.68. The van der Waals surface area contributed by atoms with Gasteiger partial charge >= 0.3 is 0 Å². The van der Waals surface area contributed by atoms with Gasteiger partial charge in [0.05, 0.1) is 32.0 Å². The van der Waals surface area contributed by atoms with Gasteiger partial charge in [-0.2, -0.15) is 5.26 Å². The Morgan fingerprint density at radius 1 is 1.58 bits per heavy atom. The molecule has 2 rings (SSSR count). The molecule has 2 heterocycles. The summed E-state index contributed by atoms with van der Waals surface area (Å²) in [5, 5.41) is 20.9. The number of hydrogen-bond acceptors (Lipinski definition) is 6. The summed E-state index contributed by atoms with van der Waals surface area (Å²) in [4.78, 5) is 4.17. The molecule has 1 fully saturated rings. The molecule has 0 amide bonds. The van der Waals surface area contributed by atoms with Gasteiger partial charge in [0.2, 0.25) is 0 Å². The molecule has 1 aliphatic heterocycles. The summed E-state index contributed by atoms with van der Waals surface area (Å²) < 4.78 is 11.0. The number of nitriles is 1. The summed E-state index contributed by atoms with van der Waals surface area (Å²) >= 11 is 0. The van der Waals surface area contributed by atoms with Gasteiger partial charge in [0.1, 0.15) is 17.6 Å². The van der Waals surface area contributed by atoms with E-state index in [1.165, 1.54) is 0 Å². The van der Waals surface area contributed by atoms with Crippen LogP contribution in [0.1, 0.15) is 12.1 Å². The molecule has 6 heteroatoms. The maximum atomic E-state index is 8.82. The van der Waals surface area contributed by atoms with Crippen LogP contribution < -0.4 is 5.32 Å². The number of pyridine rings is 1. The summed E-state index contributed by atoms with van der Waals surface area (Å²) in [5.74, 6) is 0.632. The van der Waals surface area contributed by atoms with Gasteiger partial charge in [-0.25, -0.2) is 4.98 Å². The molecular formula is C13H17N3O3. The largest absolute Gasteiger partial charge is 0.394 e. The minimum atomic E-state index is -0.0262. The lowest BCUT2D eigenvalue weighted by atomic mass is 10.1. The summed E-state index contributed by atoms with van der Waals surface area (Å²) in [7, 11) is 0. The highest BCUT2D eigenvalue weighted by Crippen LogP contribution is 2.16. The van der Waals surface area contributed by atoms with Crippen molar-refractivity contribution in [2.75, 3.05) is 31.7 Å². The van der Waals surface area contributed by atoms with Crippen molar-refractivity contribution in [1.82, 2.24) is 4.98 Å². The highest BCUT2D eigenvalue weighted by molar-refractivity contribution is 5.39. The molecule has 19 heavy (non-hydrogen) atoms. The third-order valence-electron chi connectivity index (χ3n) is 2.91. The van der Waals surface area contributed by atoms with Crippen molar-refractivity contribution in [2.45, 2.75) is 18.6 Å². The number of aliphatic hydroxyl groups is 1. The smallest absolute Gasteiger partial charge is 0.142 e. The topological polar surface area (TPSA) is 87.4 Å². The molecule has 1 aliphatic rings. The molecule has 0 aromatic carbocycles. The zero-order valence-electron chi connectivity index (χ0n) is 10.6. The van der Waals surface area contributed by atoms with E-state index in [1.807, 2.05) is 6.07 Å². The first-order chi connectivity index (χ1) is 9.33. The van der Waals surface area contributed by atoms with E-state index >= 15 is 0 Å². The maximum absolute atomic E-state index is 8.82. The number of anilines is 1. The first kappa shape index (κ1) is 13.7. The Morgan fingerprint density at radius 2 is 2.47 bits per heavy atom. The lowest BCUT2D eigenvalue weighted by Crippen LogP contribution is -2.44. The molecule has 1 saturated heterocycles. The predicted molar refractivity (Wildman–Crippen MR) is 68.6 cm³/mol. The SMILES string of the molecule is N#Cc1cccc(N[C@@H]2COCC[C@@H]2OCCO)n1. The van der Waals surface area contributed by atoms with E-state index in [9.17, 15) is 0 Å². The van der Waals surface area contributed by atoms with Crippen LogP contribution in [0.3, 0.4) is 0 Å². The van der Waals surface area contributed by atoms with Crippen LogP contribution in [0.5, 0.6) is 0 Å². The maximum Gasteiger partial charge on any atom is 0.142 e. The van der Waals surface area contributed by atoms with Gasteiger partial charge in [0.15, 0.2) is 0 Å². The van der Waals surface area contributed by atoms with E-state index in [0.717, 1.165) is 6.42 Å². The van der Waals surface area contributed by atoms with Crippen molar-refractivity contribution in [3.63, 3.8) is 0 Å². The van der Waals surface area contributed by atoms with Crippen LogP contribution in [-0.4, -0.2) is 48.7 Å². The van der Waals surface area contributed by atoms with Crippen molar-refractivity contribution in [1.29, 1.82) is 5.26 Å². The Bertz CT molecular complexity index is 447. The Morgan fingerprint density at radius 3 is 3.26 bits per heavy atom. The molecular weight excluding hydrogens is 246 g/mol. The quantitative estimate of drug-likeness (QED) is 0.806. The zero-order valence-corrected chi connectivity index (χ0v) is 10.6.